The summed E-state index contributed by atoms with van der Waals surface area (Å²) in [6.07, 6.45) is 3.02. The van der Waals surface area contributed by atoms with Gasteiger partial charge >= 0.3 is 0 Å². The number of nitro groups is 1. The van der Waals surface area contributed by atoms with Crippen molar-refractivity contribution in [1.29, 1.82) is 0 Å². The molecule has 1 heterocycles. The quantitative estimate of drug-likeness (QED) is 0.667. The van der Waals surface area contributed by atoms with Crippen LogP contribution in [0.5, 0.6) is 5.75 Å². The van der Waals surface area contributed by atoms with Gasteiger partial charge in [-0.2, -0.15) is 0 Å². The minimum Gasteiger partial charge on any atom is -0.494 e. The number of piperidine rings is 1. The number of hydrogen-bond donors (Lipinski definition) is 1. The van der Waals surface area contributed by atoms with Gasteiger partial charge < -0.3 is 15.0 Å². The standard InChI is InChI=1S/C14H20FN3O3/c1-16-9-10-5-3-4-6-17(10)12-8-14(21-2)11(15)7-13(12)18(19)20/h7-8,10,16H,3-6,9H2,1-2H3. The van der Waals surface area contributed by atoms with Crippen molar-refractivity contribution < 1.29 is 14.1 Å². The SMILES string of the molecule is CNCC1CCCCN1c1cc(OC)c(F)cc1[N+](=O)[O-]. The van der Waals surface area contributed by atoms with Crippen LogP contribution in [0.1, 0.15) is 19.3 Å². The van der Waals surface area contributed by atoms with Crippen LogP contribution in [0.3, 0.4) is 0 Å². The maximum atomic E-state index is 13.7. The first-order valence-corrected chi connectivity index (χ1v) is 7.01. The van der Waals surface area contributed by atoms with Gasteiger partial charge in [0, 0.05) is 25.2 Å². The highest BCUT2D eigenvalue weighted by Gasteiger charge is 2.29. The molecule has 2 rings (SSSR count). The number of ether oxygens (including phenoxy) is 1. The summed E-state index contributed by atoms with van der Waals surface area (Å²) in [6.45, 7) is 1.46. The lowest BCUT2D eigenvalue weighted by molar-refractivity contribution is -0.384. The number of rotatable bonds is 5. The van der Waals surface area contributed by atoms with Gasteiger partial charge in [-0.3, -0.25) is 10.1 Å². The van der Waals surface area contributed by atoms with Crippen LogP contribution in [0.4, 0.5) is 15.8 Å². The van der Waals surface area contributed by atoms with Crippen molar-refractivity contribution in [3.05, 3.63) is 28.1 Å². The molecule has 1 aliphatic rings. The molecule has 1 atom stereocenters. The highest BCUT2D eigenvalue weighted by atomic mass is 19.1. The summed E-state index contributed by atoms with van der Waals surface area (Å²) in [7, 11) is 3.21. The third-order valence-corrected chi connectivity index (χ3v) is 3.82. The minimum atomic E-state index is -0.713. The Morgan fingerprint density at radius 3 is 2.90 bits per heavy atom. The van der Waals surface area contributed by atoms with Crippen molar-refractivity contribution in [2.24, 2.45) is 0 Å². The molecule has 0 saturated carbocycles. The van der Waals surface area contributed by atoms with Crippen LogP contribution in [0.25, 0.3) is 0 Å². The van der Waals surface area contributed by atoms with Gasteiger partial charge in [0.15, 0.2) is 11.6 Å². The van der Waals surface area contributed by atoms with Gasteiger partial charge in [0.2, 0.25) is 0 Å². The molecule has 1 aromatic carbocycles. The highest BCUT2D eigenvalue weighted by Crippen LogP contribution is 2.37. The predicted octanol–water partition coefficient (Wildman–Crippen LogP) is 2.32. The number of methoxy groups -OCH3 is 1. The number of halogens is 1. The fourth-order valence-electron chi connectivity index (χ4n) is 2.83. The fraction of sp³-hybridized carbons (Fsp3) is 0.571. The van der Waals surface area contributed by atoms with Crippen molar-refractivity contribution in [1.82, 2.24) is 5.32 Å². The second-order valence-electron chi connectivity index (χ2n) is 5.13. The Kier molecular flexibility index (Phi) is 4.95. The second-order valence-corrected chi connectivity index (χ2v) is 5.13. The molecule has 1 aliphatic heterocycles. The molecular formula is C14H20FN3O3. The van der Waals surface area contributed by atoms with Crippen LogP contribution in [0, 0.1) is 15.9 Å². The van der Waals surface area contributed by atoms with E-state index >= 15 is 0 Å². The molecule has 0 aliphatic carbocycles. The lowest BCUT2D eigenvalue weighted by Gasteiger charge is -2.37. The van der Waals surface area contributed by atoms with E-state index in [0.29, 0.717) is 5.69 Å². The van der Waals surface area contributed by atoms with E-state index in [-0.39, 0.29) is 17.5 Å². The summed E-state index contributed by atoms with van der Waals surface area (Å²) >= 11 is 0. The largest absolute Gasteiger partial charge is 0.494 e. The van der Waals surface area contributed by atoms with Crippen LogP contribution >= 0.6 is 0 Å². The molecule has 1 N–H and O–H groups in total. The van der Waals surface area contributed by atoms with E-state index in [4.69, 9.17) is 4.74 Å². The molecule has 116 valence electrons. The van der Waals surface area contributed by atoms with E-state index in [1.54, 1.807) is 0 Å². The molecule has 0 spiro atoms. The monoisotopic (exact) mass is 297 g/mol. The Morgan fingerprint density at radius 2 is 2.29 bits per heavy atom. The maximum absolute atomic E-state index is 13.7. The summed E-state index contributed by atoms with van der Waals surface area (Å²) in [6, 6.07) is 2.54. The number of hydrogen-bond acceptors (Lipinski definition) is 5. The van der Waals surface area contributed by atoms with Gasteiger partial charge in [-0.25, -0.2) is 4.39 Å². The molecular weight excluding hydrogens is 277 g/mol. The molecule has 1 unspecified atom stereocenters. The van der Waals surface area contributed by atoms with Gasteiger partial charge in [-0.05, 0) is 26.3 Å². The van der Waals surface area contributed by atoms with Crippen molar-refractivity contribution in [2.45, 2.75) is 25.3 Å². The van der Waals surface area contributed by atoms with E-state index < -0.39 is 10.7 Å². The Balaban J connectivity index is 2.46. The summed E-state index contributed by atoms with van der Waals surface area (Å²) in [5.41, 5.74) is 0.217. The normalized spacial score (nSPS) is 18.6. The third-order valence-electron chi connectivity index (χ3n) is 3.82. The third kappa shape index (κ3) is 3.24. The summed E-state index contributed by atoms with van der Waals surface area (Å²) < 4.78 is 18.7. The Hall–Kier alpha value is -1.89. The zero-order valence-electron chi connectivity index (χ0n) is 12.3. The van der Waals surface area contributed by atoms with Crippen molar-refractivity contribution >= 4 is 11.4 Å². The summed E-state index contributed by atoms with van der Waals surface area (Å²) in [5.74, 6) is -0.681. The number of benzene rings is 1. The fourth-order valence-corrected chi connectivity index (χ4v) is 2.83. The van der Waals surface area contributed by atoms with Crippen LogP contribution in [0.2, 0.25) is 0 Å². The zero-order chi connectivity index (χ0) is 15.4. The van der Waals surface area contributed by atoms with E-state index in [1.165, 1.54) is 13.2 Å². The first-order chi connectivity index (χ1) is 10.1. The number of likely N-dealkylation sites (N-methyl/N-ethyl adjacent to an activating group) is 1. The molecule has 7 heteroatoms. The lowest BCUT2D eigenvalue weighted by atomic mass is 10.0. The molecule has 6 nitrogen and oxygen atoms in total. The minimum absolute atomic E-state index is 0.0318. The number of nitro benzene ring substituents is 1. The number of nitrogens with one attached hydrogen (secondary N) is 1. The van der Waals surface area contributed by atoms with Crippen LogP contribution in [-0.2, 0) is 0 Å². The molecule has 0 radical (unpaired) electrons. The van der Waals surface area contributed by atoms with E-state index in [1.807, 2.05) is 11.9 Å². The van der Waals surface area contributed by atoms with Crippen molar-refractivity contribution in [2.75, 3.05) is 32.1 Å². The average Bonchev–Trinajstić information content (AvgIpc) is 2.48. The predicted molar refractivity (Wildman–Crippen MR) is 78.5 cm³/mol. The Labute approximate surface area is 123 Å². The maximum Gasteiger partial charge on any atom is 0.295 e. The van der Waals surface area contributed by atoms with Crippen molar-refractivity contribution in [3.63, 3.8) is 0 Å². The second kappa shape index (κ2) is 6.71. The molecule has 1 fully saturated rings. The lowest BCUT2D eigenvalue weighted by Crippen LogP contribution is -2.45. The average molecular weight is 297 g/mol. The summed E-state index contributed by atoms with van der Waals surface area (Å²) in [4.78, 5) is 12.7. The molecule has 21 heavy (non-hydrogen) atoms. The molecule has 1 saturated heterocycles. The first-order valence-electron chi connectivity index (χ1n) is 7.01. The summed E-state index contributed by atoms with van der Waals surface area (Å²) in [5, 5.41) is 14.3. The molecule has 1 aromatic rings. The Morgan fingerprint density at radius 1 is 1.52 bits per heavy atom. The smallest absolute Gasteiger partial charge is 0.295 e. The van der Waals surface area contributed by atoms with Crippen molar-refractivity contribution in [3.8, 4) is 5.75 Å². The van der Waals surface area contributed by atoms with E-state index in [9.17, 15) is 14.5 Å². The highest BCUT2D eigenvalue weighted by molar-refractivity contribution is 5.67. The number of anilines is 1. The number of nitrogens with zero attached hydrogens (tertiary/aromatic N) is 2. The van der Waals surface area contributed by atoms with Gasteiger partial charge in [-0.1, -0.05) is 0 Å². The van der Waals surface area contributed by atoms with Gasteiger partial charge in [0.05, 0.1) is 18.1 Å². The van der Waals surface area contributed by atoms with E-state index in [0.717, 1.165) is 38.4 Å². The molecule has 0 amide bonds. The Bertz CT molecular complexity index is 522. The van der Waals surface area contributed by atoms with Crippen LogP contribution in [0.15, 0.2) is 12.1 Å². The topological polar surface area (TPSA) is 67.6 Å². The zero-order valence-corrected chi connectivity index (χ0v) is 12.3. The van der Waals surface area contributed by atoms with Gasteiger partial charge in [-0.15, -0.1) is 0 Å². The van der Waals surface area contributed by atoms with Crippen LogP contribution in [-0.4, -0.2) is 38.2 Å². The van der Waals surface area contributed by atoms with Gasteiger partial charge in [0.25, 0.3) is 5.69 Å². The van der Waals surface area contributed by atoms with E-state index in [2.05, 4.69) is 5.32 Å². The van der Waals surface area contributed by atoms with Crippen LogP contribution < -0.4 is 15.0 Å². The molecule has 0 aromatic heterocycles. The first kappa shape index (κ1) is 15.5. The molecule has 0 bridgehead atoms. The van der Waals surface area contributed by atoms with Gasteiger partial charge in [0.1, 0.15) is 5.69 Å².